The van der Waals surface area contributed by atoms with Crippen LogP contribution in [0, 0.1) is 11.6 Å². The molecule has 1 heterocycles. The van der Waals surface area contributed by atoms with E-state index in [1.165, 1.54) is 11.0 Å². The first kappa shape index (κ1) is 16.0. The summed E-state index contributed by atoms with van der Waals surface area (Å²) >= 11 is 0. The minimum atomic E-state index is -0.986. The average Bonchev–Trinajstić information content (AvgIpc) is 3.00. The summed E-state index contributed by atoms with van der Waals surface area (Å²) in [6, 6.07) is 8.53. The highest BCUT2D eigenvalue weighted by Crippen LogP contribution is 2.21. The third-order valence-electron chi connectivity index (χ3n) is 3.84. The Morgan fingerprint density at radius 3 is 2.58 bits per heavy atom. The molecule has 1 amide bonds. The maximum absolute atomic E-state index is 13.5. The number of nitrogens with zero attached hydrogens (tertiary/aromatic N) is 4. The van der Waals surface area contributed by atoms with Gasteiger partial charge in [0.15, 0.2) is 11.6 Å². The number of rotatable bonds is 4. The lowest BCUT2D eigenvalue weighted by Crippen LogP contribution is -2.30. The van der Waals surface area contributed by atoms with Crippen LogP contribution in [-0.4, -0.2) is 27.4 Å². The fourth-order valence-electron chi connectivity index (χ4n) is 2.59. The Balaban J connectivity index is 1.97. The van der Waals surface area contributed by atoms with Gasteiger partial charge in [0.1, 0.15) is 5.52 Å². The van der Waals surface area contributed by atoms with Crippen LogP contribution in [0.3, 0.4) is 0 Å². The molecule has 0 radical (unpaired) electrons. The predicted molar refractivity (Wildman–Crippen MR) is 86.9 cm³/mol. The van der Waals surface area contributed by atoms with Crippen molar-refractivity contribution in [3.63, 3.8) is 0 Å². The van der Waals surface area contributed by atoms with Crippen LogP contribution in [0.1, 0.15) is 24.2 Å². The summed E-state index contributed by atoms with van der Waals surface area (Å²) in [6.45, 7) is 4.73. The van der Waals surface area contributed by atoms with Crippen molar-refractivity contribution in [1.82, 2.24) is 15.0 Å². The molecule has 0 atom stereocenters. The molecule has 1 aromatic heterocycles. The number of hydrogen-bond acceptors (Lipinski definition) is 3. The molecular formula is C17H16F2N4O. The second-order valence-corrected chi connectivity index (χ2v) is 5.26. The summed E-state index contributed by atoms with van der Waals surface area (Å²) in [5, 5.41) is 8.06. The number of aryl methyl sites for hydroxylation is 1. The largest absolute Gasteiger partial charge is 0.309 e. The van der Waals surface area contributed by atoms with Crippen molar-refractivity contribution in [2.45, 2.75) is 20.4 Å². The third-order valence-corrected chi connectivity index (χ3v) is 3.84. The molecule has 3 rings (SSSR count). The van der Waals surface area contributed by atoms with Crippen LogP contribution in [0.25, 0.3) is 11.0 Å². The Morgan fingerprint density at radius 2 is 1.92 bits per heavy atom. The standard InChI is InChI=1S/C17H16F2N4O/c1-3-22(12-6-7-13(18)14(19)10-12)17(24)11-5-8-16-15(9-11)20-21-23(16)4-2/h5-10H,3-4H2,1-2H3. The van der Waals surface area contributed by atoms with Gasteiger partial charge in [-0.05, 0) is 44.2 Å². The van der Waals surface area contributed by atoms with E-state index in [4.69, 9.17) is 0 Å². The van der Waals surface area contributed by atoms with Crippen molar-refractivity contribution >= 4 is 22.6 Å². The summed E-state index contributed by atoms with van der Waals surface area (Å²) in [4.78, 5) is 14.1. The highest BCUT2D eigenvalue weighted by molar-refractivity contribution is 6.07. The van der Waals surface area contributed by atoms with Crippen LogP contribution in [0.15, 0.2) is 36.4 Å². The van der Waals surface area contributed by atoms with Crippen LogP contribution in [-0.2, 0) is 6.54 Å². The molecule has 0 N–H and O–H groups in total. The number of halogens is 2. The number of fused-ring (bicyclic) bond motifs is 1. The van der Waals surface area contributed by atoms with E-state index >= 15 is 0 Å². The fourth-order valence-corrected chi connectivity index (χ4v) is 2.59. The van der Waals surface area contributed by atoms with Gasteiger partial charge in [-0.25, -0.2) is 13.5 Å². The van der Waals surface area contributed by atoms with Gasteiger partial charge in [0.05, 0.1) is 5.52 Å². The Hall–Kier alpha value is -2.83. The lowest BCUT2D eigenvalue weighted by atomic mass is 10.1. The summed E-state index contributed by atoms with van der Waals surface area (Å²) in [7, 11) is 0. The first-order valence-electron chi connectivity index (χ1n) is 7.65. The summed E-state index contributed by atoms with van der Waals surface area (Å²) in [5.41, 5.74) is 2.17. The second-order valence-electron chi connectivity index (χ2n) is 5.26. The maximum atomic E-state index is 13.5. The van der Waals surface area contributed by atoms with E-state index in [0.717, 1.165) is 17.6 Å². The smallest absolute Gasteiger partial charge is 0.258 e. The Morgan fingerprint density at radius 1 is 1.12 bits per heavy atom. The SMILES string of the molecule is CCN(C(=O)c1ccc2c(c1)nnn2CC)c1ccc(F)c(F)c1. The average molecular weight is 330 g/mol. The molecule has 0 fully saturated rings. The second kappa shape index (κ2) is 6.35. The van der Waals surface area contributed by atoms with Crippen LogP contribution >= 0.6 is 0 Å². The number of anilines is 1. The summed E-state index contributed by atoms with van der Waals surface area (Å²) in [5.74, 6) is -2.24. The molecule has 24 heavy (non-hydrogen) atoms. The molecular weight excluding hydrogens is 314 g/mol. The van der Waals surface area contributed by atoms with E-state index in [1.807, 2.05) is 6.92 Å². The van der Waals surface area contributed by atoms with Gasteiger partial charge in [-0.2, -0.15) is 0 Å². The van der Waals surface area contributed by atoms with Crippen LogP contribution in [0.5, 0.6) is 0 Å². The molecule has 5 nitrogen and oxygen atoms in total. The molecule has 0 spiro atoms. The summed E-state index contributed by atoms with van der Waals surface area (Å²) < 4.78 is 28.3. The molecule has 0 aliphatic rings. The van der Waals surface area contributed by atoms with Gasteiger partial charge < -0.3 is 4.90 Å². The topological polar surface area (TPSA) is 51.0 Å². The zero-order chi connectivity index (χ0) is 17.3. The van der Waals surface area contributed by atoms with Crippen molar-refractivity contribution in [2.24, 2.45) is 0 Å². The van der Waals surface area contributed by atoms with Crippen molar-refractivity contribution in [1.29, 1.82) is 0 Å². The minimum absolute atomic E-state index is 0.304. The molecule has 2 aromatic carbocycles. The first-order valence-corrected chi connectivity index (χ1v) is 7.65. The lowest BCUT2D eigenvalue weighted by molar-refractivity contribution is 0.0988. The molecule has 0 unspecified atom stereocenters. The van der Waals surface area contributed by atoms with Crippen molar-refractivity contribution in [2.75, 3.05) is 11.4 Å². The van der Waals surface area contributed by atoms with Crippen molar-refractivity contribution in [3.8, 4) is 0 Å². The fraction of sp³-hybridized carbons (Fsp3) is 0.235. The minimum Gasteiger partial charge on any atom is -0.309 e. The van der Waals surface area contributed by atoms with Gasteiger partial charge in [0, 0.05) is 30.4 Å². The van der Waals surface area contributed by atoms with Crippen molar-refractivity contribution in [3.05, 3.63) is 53.6 Å². The Bertz CT molecular complexity index is 907. The van der Waals surface area contributed by atoms with E-state index in [1.54, 1.807) is 29.8 Å². The van der Waals surface area contributed by atoms with E-state index in [0.29, 0.717) is 29.9 Å². The quantitative estimate of drug-likeness (QED) is 0.737. The Kier molecular flexibility index (Phi) is 4.24. The van der Waals surface area contributed by atoms with Gasteiger partial charge >= 0.3 is 0 Å². The number of benzene rings is 2. The van der Waals surface area contributed by atoms with E-state index in [9.17, 15) is 13.6 Å². The van der Waals surface area contributed by atoms with Crippen LogP contribution < -0.4 is 4.90 Å². The number of hydrogen-bond donors (Lipinski definition) is 0. The lowest BCUT2D eigenvalue weighted by Gasteiger charge is -2.21. The number of amides is 1. The zero-order valence-corrected chi connectivity index (χ0v) is 13.3. The van der Waals surface area contributed by atoms with Gasteiger partial charge in [-0.1, -0.05) is 5.21 Å². The van der Waals surface area contributed by atoms with Gasteiger partial charge in [-0.3, -0.25) is 4.79 Å². The Labute approximate surface area is 137 Å². The monoisotopic (exact) mass is 330 g/mol. The van der Waals surface area contributed by atoms with Crippen LogP contribution in [0.2, 0.25) is 0 Å². The molecule has 0 saturated heterocycles. The highest BCUT2D eigenvalue weighted by atomic mass is 19.2. The zero-order valence-electron chi connectivity index (χ0n) is 13.3. The maximum Gasteiger partial charge on any atom is 0.258 e. The molecule has 7 heteroatoms. The predicted octanol–water partition coefficient (Wildman–Crippen LogP) is 3.40. The normalized spacial score (nSPS) is 11.0. The van der Waals surface area contributed by atoms with Gasteiger partial charge in [0.25, 0.3) is 5.91 Å². The third kappa shape index (κ3) is 2.73. The van der Waals surface area contributed by atoms with Crippen LogP contribution in [0.4, 0.5) is 14.5 Å². The van der Waals surface area contributed by atoms with Crippen molar-refractivity contribution < 1.29 is 13.6 Å². The molecule has 0 aliphatic carbocycles. The number of aromatic nitrogens is 3. The first-order chi connectivity index (χ1) is 11.5. The highest BCUT2D eigenvalue weighted by Gasteiger charge is 2.18. The molecule has 3 aromatic rings. The molecule has 0 bridgehead atoms. The van der Waals surface area contributed by atoms with Gasteiger partial charge in [0.2, 0.25) is 0 Å². The van der Waals surface area contributed by atoms with E-state index < -0.39 is 11.6 Å². The molecule has 0 saturated carbocycles. The number of carbonyl (C=O) groups excluding carboxylic acids is 1. The number of carbonyl (C=O) groups is 1. The van der Waals surface area contributed by atoms with Gasteiger partial charge in [-0.15, -0.1) is 5.10 Å². The van der Waals surface area contributed by atoms with E-state index in [2.05, 4.69) is 10.3 Å². The molecule has 0 aliphatic heterocycles. The molecule has 124 valence electrons. The summed E-state index contributed by atoms with van der Waals surface area (Å²) in [6.07, 6.45) is 0. The van der Waals surface area contributed by atoms with E-state index in [-0.39, 0.29) is 5.91 Å².